The van der Waals surface area contributed by atoms with Crippen LogP contribution >= 0.6 is 0 Å². The maximum Gasteiger partial charge on any atom is -0.0357 e. The minimum Gasteiger partial charge on any atom is -0.0654 e. The first-order valence-corrected chi connectivity index (χ1v) is 6.72. The minimum atomic E-state index is 1.02. The van der Waals surface area contributed by atoms with Gasteiger partial charge >= 0.3 is 0 Å². The highest BCUT2D eigenvalue weighted by atomic mass is 14.5. The number of hydrogen-bond acceptors (Lipinski definition) is 0. The Balaban J connectivity index is 2.22. The molecule has 2 atom stereocenters. The van der Waals surface area contributed by atoms with E-state index in [1.165, 1.54) is 38.5 Å². The third-order valence-electron chi connectivity index (χ3n) is 4.46. The molecule has 0 radical (unpaired) electrons. The molecule has 1 aliphatic rings. The molecule has 0 nitrogen and oxygen atoms in total. The summed E-state index contributed by atoms with van der Waals surface area (Å²) < 4.78 is 0. The van der Waals surface area contributed by atoms with Gasteiger partial charge in [-0.1, -0.05) is 59.8 Å². The van der Waals surface area contributed by atoms with Gasteiger partial charge < -0.3 is 0 Å². The Bertz CT molecular complexity index is 140. The fraction of sp³-hybridized carbons (Fsp3) is 1.00. The van der Waals surface area contributed by atoms with Crippen molar-refractivity contribution in [3.05, 3.63) is 0 Å². The van der Waals surface area contributed by atoms with Gasteiger partial charge in [0, 0.05) is 0 Å². The molecule has 0 aromatic heterocycles. The Morgan fingerprint density at radius 1 is 0.714 bits per heavy atom. The first kappa shape index (κ1) is 12.1. The van der Waals surface area contributed by atoms with E-state index in [2.05, 4.69) is 27.7 Å². The molecule has 84 valence electrons. The fourth-order valence-electron chi connectivity index (χ4n) is 3.46. The van der Waals surface area contributed by atoms with Gasteiger partial charge in [-0.15, -0.1) is 0 Å². The van der Waals surface area contributed by atoms with E-state index in [0.29, 0.717) is 0 Å². The second-order valence-corrected chi connectivity index (χ2v) is 5.33. The molecule has 2 unspecified atom stereocenters. The Morgan fingerprint density at radius 2 is 1.29 bits per heavy atom. The lowest BCUT2D eigenvalue weighted by atomic mass is 9.55. The van der Waals surface area contributed by atoms with Crippen molar-refractivity contribution in [2.45, 2.75) is 66.2 Å². The predicted molar refractivity (Wildman–Crippen MR) is 64.4 cm³/mol. The molecule has 14 heavy (non-hydrogen) atoms. The summed E-state index contributed by atoms with van der Waals surface area (Å²) in [6, 6.07) is 0. The summed E-state index contributed by atoms with van der Waals surface area (Å²) >= 11 is 0. The molecule has 0 bridgehead atoms. The van der Waals surface area contributed by atoms with Crippen LogP contribution in [0.4, 0.5) is 0 Å². The summed E-state index contributed by atoms with van der Waals surface area (Å²) in [5.74, 6) is 4.13. The summed E-state index contributed by atoms with van der Waals surface area (Å²) in [7, 11) is 0. The highest BCUT2D eigenvalue weighted by molar-refractivity contribution is 4.91. The zero-order valence-electron chi connectivity index (χ0n) is 10.6. The molecule has 1 saturated carbocycles. The summed E-state index contributed by atoms with van der Waals surface area (Å²) in [5, 5.41) is 0. The zero-order chi connectivity index (χ0) is 10.6. The van der Waals surface area contributed by atoms with Gasteiger partial charge in [0.15, 0.2) is 0 Å². The number of rotatable bonds is 6. The van der Waals surface area contributed by atoms with Crippen molar-refractivity contribution in [1.82, 2.24) is 0 Å². The summed E-state index contributed by atoms with van der Waals surface area (Å²) in [6.45, 7) is 9.59. The minimum absolute atomic E-state index is 1.02. The normalized spacial score (nSPS) is 36.9. The second-order valence-electron chi connectivity index (χ2n) is 5.33. The molecule has 0 amide bonds. The average Bonchev–Trinajstić information content (AvgIpc) is 2.20. The van der Waals surface area contributed by atoms with Crippen molar-refractivity contribution in [2.75, 3.05) is 0 Å². The van der Waals surface area contributed by atoms with Crippen LogP contribution in [0.2, 0.25) is 0 Å². The lowest BCUT2D eigenvalue weighted by Crippen LogP contribution is -2.43. The van der Waals surface area contributed by atoms with Gasteiger partial charge in [-0.25, -0.2) is 0 Å². The summed E-state index contributed by atoms with van der Waals surface area (Å²) in [5.41, 5.74) is 0. The lowest BCUT2D eigenvalue weighted by Gasteiger charge is -2.50. The Kier molecular flexibility index (Phi) is 4.98. The van der Waals surface area contributed by atoms with Crippen LogP contribution < -0.4 is 0 Å². The topological polar surface area (TPSA) is 0 Å². The molecule has 1 rings (SSSR count). The molecule has 0 aromatic rings. The van der Waals surface area contributed by atoms with Crippen LogP contribution in [0.25, 0.3) is 0 Å². The quantitative estimate of drug-likeness (QED) is 0.531. The van der Waals surface area contributed by atoms with E-state index in [-0.39, 0.29) is 0 Å². The van der Waals surface area contributed by atoms with Crippen molar-refractivity contribution >= 4 is 0 Å². The predicted octanol–water partition coefficient (Wildman–Crippen LogP) is 4.89. The first-order valence-electron chi connectivity index (χ1n) is 6.72. The van der Waals surface area contributed by atoms with Crippen molar-refractivity contribution in [1.29, 1.82) is 0 Å². The Morgan fingerprint density at radius 3 is 1.79 bits per heavy atom. The van der Waals surface area contributed by atoms with Crippen LogP contribution in [0.1, 0.15) is 66.2 Å². The van der Waals surface area contributed by atoms with Gasteiger partial charge in [0.1, 0.15) is 0 Å². The second kappa shape index (κ2) is 5.78. The lowest BCUT2D eigenvalue weighted by molar-refractivity contribution is -0.0109. The van der Waals surface area contributed by atoms with Crippen LogP contribution in [-0.2, 0) is 0 Å². The average molecular weight is 196 g/mol. The molecular formula is C14H28. The molecule has 1 aliphatic carbocycles. The third-order valence-corrected chi connectivity index (χ3v) is 4.46. The Labute approximate surface area is 90.5 Å². The molecule has 0 N–H and O–H groups in total. The van der Waals surface area contributed by atoms with E-state index in [1.54, 1.807) is 0 Å². The highest BCUT2D eigenvalue weighted by Gasteiger charge is 2.42. The molecular weight excluding hydrogens is 168 g/mol. The van der Waals surface area contributed by atoms with Crippen molar-refractivity contribution in [2.24, 2.45) is 23.7 Å². The monoisotopic (exact) mass is 196 g/mol. The van der Waals surface area contributed by atoms with E-state index in [1.807, 2.05) is 0 Å². The summed E-state index contributed by atoms with van der Waals surface area (Å²) in [4.78, 5) is 0. The number of hydrogen-bond donors (Lipinski definition) is 0. The van der Waals surface area contributed by atoms with Gasteiger partial charge in [0.05, 0.1) is 0 Å². The Hall–Kier alpha value is 0. The molecule has 0 heteroatoms. The standard InChI is InChI=1S/C14H28/c1-5-7-8-10-14-11(3)13(9-6-2)12(14)4/h11-14H,5-10H2,1-4H3. The first-order chi connectivity index (χ1) is 6.72. The SMILES string of the molecule is CCCCCC1C(C)C(CCC)C1C. The van der Waals surface area contributed by atoms with Gasteiger partial charge in [0.25, 0.3) is 0 Å². The van der Waals surface area contributed by atoms with E-state index in [0.717, 1.165) is 23.7 Å². The summed E-state index contributed by atoms with van der Waals surface area (Å²) in [6.07, 6.45) is 8.61. The number of unbranched alkanes of at least 4 members (excludes halogenated alkanes) is 2. The van der Waals surface area contributed by atoms with Gasteiger partial charge in [0.2, 0.25) is 0 Å². The largest absolute Gasteiger partial charge is 0.0654 e. The van der Waals surface area contributed by atoms with Crippen molar-refractivity contribution in [3.8, 4) is 0 Å². The van der Waals surface area contributed by atoms with Gasteiger partial charge in [-0.3, -0.25) is 0 Å². The van der Waals surface area contributed by atoms with Gasteiger partial charge in [-0.05, 0) is 30.1 Å². The molecule has 0 aliphatic heterocycles. The van der Waals surface area contributed by atoms with Crippen LogP contribution in [-0.4, -0.2) is 0 Å². The molecule has 0 spiro atoms. The smallest absolute Gasteiger partial charge is 0.0357 e. The molecule has 1 fully saturated rings. The fourth-order valence-corrected chi connectivity index (χ4v) is 3.46. The highest BCUT2D eigenvalue weighted by Crippen LogP contribution is 2.50. The maximum absolute atomic E-state index is 2.48. The molecule has 0 aromatic carbocycles. The molecule has 0 heterocycles. The molecule has 0 saturated heterocycles. The van der Waals surface area contributed by atoms with E-state index in [4.69, 9.17) is 0 Å². The van der Waals surface area contributed by atoms with Crippen LogP contribution in [0.15, 0.2) is 0 Å². The maximum atomic E-state index is 2.48. The van der Waals surface area contributed by atoms with Crippen molar-refractivity contribution in [3.63, 3.8) is 0 Å². The van der Waals surface area contributed by atoms with E-state index >= 15 is 0 Å². The zero-order valence-corrected chi connectivity index (χ0v) is 10.6. The van der Waals surface area contributed by atoms with Crippen LogP contribution in [0.5, 0.6) is 0 Å². The van der Waals surface area contributed by atoms with Crippen LogP contribution in [0.3, 0.4) is 0 Å². The van der Waals surface area contributed by atoms with Crippen molar-refractivity contribution < 1.29 is 0 Å². The van der Waals surface area contributed by atoms with Gasteiger partial charge in [-0.2, -0.15) is 0 Å². The van der Waals surface area contributed by atoms with Crippen LogP contribution in [0, 0.1) is 23.7 Å². The third kappa shape index (κ3) is 2.52. The van der Waals surface area contributed by atoms with E-state index in [9.17, 15) is 0 Å². The van der Waals surface area contributed by atoms with E-state index < -0.39 is 0 Å².